The van der Waals surface area contributed by atoms with Gasteiger partial charge in [0.05, 0.1) is 5.75 Å². The summed E-state index contributed by atoms with van der Waals surface area (Å²) in [6.07, 6.45) is 1.23. The molecule has 0 amide bonds. The van der Waals surface area contributed by atoms with E-state index in [1.807, 2.05) is 24.3 Å². The van der Waals surface area contributed by atoms with Gasteiger partial charge in [0.25, 0.3) is 0 Å². The zero-order valence-corrected chi connectivity index (χ0v) is 15.3. The van der Waals surface area contributed by atoms with Gasteiger partial charge in [-0.3, -0.25) is 0 Å². The molecule has 0 radical (unpaired) electrons. The van der Waals surface area contributed by atoms with E-state index >= 15 is 0 Å². The molecule has 0 aliphatic rings. The molecular weight excluding hydrogens is 383 g/mol. The van der Waals surface area contributed by atoms with Crippen molar-refractivity contribution >= 4 is 49.0 Å². The first-order valence-electron chi connectivity index (χ1n) is 6.47. The predicted molar refractivity (Wildman–Crippen MR) is 90.8 cm³/mol. The van der Waals surface area contributed by atoms with Crippen LogP contribution in [0, 0.1) is 0 Å². The molecule has 20 heavy (non-hydrogen) atoms. The van der Waals surface area contributed by atoms with Gasteiger partial charge in [0.15, 0.2) is 0 Å². The molecule has 0 aliphatic carbocycles. The molecule has 0 spiro atoms. The number of alkyl halides is 2. The number of benzene rings is 1. The lowest BCUT2D eigenvalue weighted by molar-refractivity contribution is 0.483. The molecule has 114 valence electrons. The first-order valence-corrected chi connectivity index (χ1v) is 10.2. The van der Waals surface area contributed by atoms with Crippen molar-refractivity contribution in [3.63, 3.8) is 0 Å². The van der Waals surface area contributed by atoms with Crippen molar-refractivity contribution in [1.82, 2.24) is 0 Å². The van der Waals surface area contributed by atoms with Gasteiger partial charge in [-0.2, -0.15) is 0 Å². The molecule has 0 aromatic heterocycles. The molecule has 0 heterocycles. The third-order valence-corrected chi connectivity index (χ3v) is 6.81. The summed E-state index contributed by atoms with van der Waals surface area (Å²) in [7, 11) is -2.94. The van der Waals surface area contributed by atoms with E-state index < -0.39 is 9.84 Å². The number of halogens is 3. The van der Waals surface area contributed by atoms with Crippen LogP contribution < -0.4 is 0 Å². The summed E-state index contributed by atoms with van der Waals surface area (Å²) in [4.78, 5) is 0. The van der Waals surface area contributed by atoms with Crippen LogP contribution in [-0.4, -0.2) is 31.7 Å². The second-order valence-corrected chi connectivity index (χ2v) is 8.82. The maximum Gasteiger partial charge on any atom is 0.150 e. The Balaban J connectivity index is 2.88. The van der Waals surface area contributed by atoms with Crippen LogP contribution >= 0.6 is 39.1 Å². The maximum atomic E-state index is 11.6. The quantitative estimate of drug-likeness (QED) is 0.605. The molecule has 1 aromatic rings. The maximum absolute atomic E-state index is 11.6. The molecular formula is C14H19BrCl2O2S. The Morgan fingerprint density at radius 2 is 1.90 bits per heavy atom. The molecule has 0 saturated heterocycles. The lowest BCUT2D eigenvalue weighted by Gasteiger charge is -2.30. The monoisotopic (exact) mass is 400 g/mol. The van der Waals surface area contributed by atoms with E-state index in [1.165, 1.54) is 0 Å². The van der Waals surface area contributed by atoms with Crippen molar-refractivity contribution in [3.05, 3.63) is 34.3 Å². The molecule has 0 aliphatic heterocycles. The van der Waals surface area contributed by atoms with Crippen LogP contribution in [0.1, 0.15) is 25.3 Å². The van der Waals surface area contributed by atoms with Crippen LogP contribution in [0.3, 0.4) is 0 Å². The number of hydrogen-bond acceptors (Lipinski definition) is 2. The van der Waals surface area contributed by atoms with E-state index in [1.54, 1.807) is 6.92 Å². The van der Waals surface area contributed by atoms with Crippen LogP contribution in [0.4, 0.5) is 0 Å². The van der Waals surface area contributed by atoms with Gasteiger partial charge in [0.2, 0.25) is 0 Å². The highest BCUT2D eigenvalue weighted by atomic mass is 79.9. The fourth-order valence-corrected chi connectivity index (χ4v) is 4.19. The summed E-state index contributed by atoms with van der Waals surface area (Å²) in [6, 6.07) is 7.87. The molecule has 6 heteroatoms. The molecule has 0 bridgehead atoms. The Morgan fingerprint density at radius 3 is 2.40 bits per heavy atom. The minimum atomic E-state index is -2.94. The van der Waals surface area contributed by atoms with Crippen LogP contribution in [0.25, 0.3) is 0 Å². The van der Waals surface area contributed by atoms with Crippen molar-refractivity contribution < 1.29 is 8.42 Å². The van der Waals surface area contributed by atoms with Crippen LogP contribution in [0.5, 0.6) is 0 Å². The Bertz CT molecular complexity index is 528. The van der Waals surface area contributed by atoms with Crippen LogP contribution in [0.15, 0.2) is 28.7 Å². The van der Waals surface area contributed by atoms with Crippen molar-refractivity contribution in [2.24, 2.45) is 0 Å². The summed E-state index contributed by atoms with van der Waals surface area (Å²) in [5.41, 5.74) is 0.668. The van der Waals surface area contributed by atoms with Gasteiger partial charge in [0.1, 0.15) is 9.84 Å². The summed E-state index contributed by atoms with van der Waals surface area (Å²) < 4.78 is 24.1. The van der Waals surface area contributed by atoms with Gasteiger partial charge in [-0.25, -0.2) is 8.42 Å². The van der Waals surface area contributed by atoms with Gasteiger partial charge in [-0.15, -0.1) is 23.2 Å². The lowest BCUT2D eigenvalue weighted by atomic mass is 9.80. The second-order valence-electron chi connectivity index (χ2n) is 4.90. The van der Waals surface area contributed by atoms with E-state index in [-0.39, 0.29) is 16.9 Å². The molecule has 0 saturated carbocycles. The molecule has 0 fully saturated rings. The first kappa shape index (κ1) is 18.3. The summed E-state index contributed by atoms with van der Waals surface area (Å²) in [5, 5.41) is 0. The standard InChI is InChI=1S/C14H19BrCl2O2S/c1-2-20(18,19)8-4-7-14(10-16,11-17)12-5-3-6-13(15)9-12/h3,5-6,9H,2,4,7-8,10-11H2,1H3. The minimum absolute atomic E-state index is 0.179. The van der Waals surface area contributed by atoms with E-state index in [2.05, 4.69) is 15.9 Å². The van der Waals surface area contributed by atoms with E-state index in [9.17, 15) is 8.42 Å². The van der Waals surface area contributed by atoms with Gasteiger partial charge in [-0.1, -0.05) is 35.0 Å². The molecule has 0 atom stereocenters. The van der Waals surface area contributed by atoms with Crippen molar-refractivity contribution in [2.75, 3.05) is 23.3 Å². The van der Waals surface area contributed by atoms with Crippen LogP contribution in [0.2, 0.25) is 0 Å². The topological polar surface area (TPSA) is 34.1 Å². The SMILES string of the molecule is CCS(=O)(=O)CCCC(CCl)(CCl)c1cccc(Br)c1. The highest BCUT2D eigenvalue weighted by Gasteiger charge is 2.30. The molecule has 0 N–H and O–H groups in total. The Morgan fingerprint density at radius 1 is 1.25 bits per heavy atom. The Hall–Kier alpha value is 0.230. The smallest absolute Gasteiger partial charge is 0.150 e. The lowest BCUT2D eigenvalue weighted by Crippen LogP contribution is -2.31. The molecule has 0 unspecified atom stereocenters. The highest BCUT2D eigenvalue weighted by molar-refractivity contribution is 9.10. The van der Waals surface area contributed by atoms with Gasteiger partial charge < -0.3 is 0 Å². The third-order valence-electron chi connectivity index (χ3n) is 3.50. The first-order chi connectivity index (χ1) is 9.39. The third kappa shape index (κ3) is 4.90. The zero-order chi connectivity index (χ0) is 15.2. The number of rotatable bonds is 8. The van der Waals surface area contributed by atoms with E-state index in [4.69, 9.17) is 23.2 Å². The fraction of sp³-hybridized carbons (Fsp3) is 0.571. The van der Waals surface area contributed by atoms with E-state index in [0.717, 1.165) is 10.0 Å². The fourth-order valence-electron chi connectivity index (χ4n) is 2.06. The zero-order valence-electron chi connectivity index (χ0n) is 11.4. The van der Waals surface area contributed by atoms with Crippen LogP contribution in [-0.2, 0) is 15.3 Å². The normalized spacial score (nSPS) is 12.6. The van der Waals surface area contributed by atoms with Gasteiger partial charge in [-0.05, 0) is 30.5 Å². The average Bonchev–Trinajstić information content (AvgIpc) is 2.44. The number of hydrogen-bond donors (Lipinski definition) is 0. The Kier molecular flexibility index (Phi) is 7.33. The molecule has 1 rings (SSSR count). The molecule has 2 nitrogen and oxygen atoms in total. The predicted octanol–water partition coefficient (Wildman–Crippen LogP) is 4.38. The van der Waals surface area contributed by atoms with E-state index in [0.29, 0.717) is 24.6 Å². The van der Waals surface area contributed by atoms with Gasteiger partial charge in [0, 0.05) is 27.4 Å². The highest BCUT2D eigenvalue weighted by Crippen LogP contribution is 2.34. The number of sulfone groups is 1. The summed E-state index contributed by atoms with van der Waals surface area (Å²) in [5.74, 6) is 1.11. The molecule has 1 aromatic carbocycles. The van der Waals surface area contributed by atoms with Crippen molar-refractivity contribution in [1.29, 1.82) is 0 Å². The Labute approximate surface area is 139 Å². The summed E-state index contributed by atoms with van der Waals surface area (Å²) in [6.45, 7) is 1.67. The second kappa shape index (κ2) is 8.02. The largest absolute Gasteiger partial charge is 0.229 e. The minimum Gasteiger partial charge on any atom is -0.229 e. The van der Waals surface area contributed by atoms with Gasteiger partial charge >= 0.3 is 0 Å². The van der Waals surface area contributed by atoms with Crippen molar-refractivity contribution in [3.8, 4) is 0 Å². The average molecular weight is 402 g/mol. The van der Waals surface area contributed by atoms with Crippen molar-refractivity contribution in [2.45, 2.75) is 25.2 Å². The summed E-state index contributed by atoms with van der Waals surface area (Å²) >= 11 is 15.7.